The van der Waals surface area contributed by atoms with Gasteiger partial charge < -0.3 is 4.42 Å². The van der Waals surface area contributed by atoms with Crippen LogP contribution in [0.5, 0.6) is 0 Å². The summed E-state index contributed by atoms with van der Waals surface area (Å²) < 4.78 is 8.81. The van der Waals surface area contributed by atoms with Gasteiger partial charge in [-0.25, -0.2) is 9.55 Å². The summed E-state index contributed by atoms with van der Waals surface area (Å²) in [5, 5.41) is 2.40. The molecule has 0 N–H and O–H groups in total. The molecule has 3 heterocycles. The van der Waals surface area contributed by atoms with Gasteiger partial charge in [-0.15, -0.1) is 0 Å². The molecular weight excluding hydrogens is 404 g/mol. The van der Waals surface area contributed by atoms with Gasteiger partial charge in [-0.1, -0.05) is 53.7 Å². The smallest absolute Gasteiger partial charge is 0.227 e. The van der Waals surface area contributed by atoms with Crippen molar-refractivity contribution in [2.75, 3.05) is 0 Å². The molecule has 1 aromatic carbocycles. The van der Waals surface area contributed by atoms with Crippen LogP contribution in [0.4, 0.5) is 0 Å². The third-order valence-electron chi connectivity index (χ3n) is 7.77. The number of aromatic nitrogens is 2. The lowest BCUT2D eigenvalue weighted by atomic mass is 9.63. The number of rotatable bonds is 3. The van der Waals surface area contributed by atoms with Crippen LogP contribution in [-0.4, -0.2) is 4.98 Å². The van der Waals surface area contributed by atoms with E-state index in [1.807, 2.05) is 0 Å². The molecule has 1 aliphatic rings. The zero-order chi connectivity index (χ0) is 23.7. The number of fused-ring (bicyclic) bond motifs is 5. The second-order valence-corrected chi connectivity index (χ2v) is 11.9. The minimum absolute atomic E-state index is 0.0930. The van der Waals surface area contributed by atoms with Gasteiger partial charge in [0.2, 0.25) is 11.4 Å². The van der Waals surface area contributed by atoms with Crippen LogP contribution < -0.4 is 4.57 Å². The van der Waals surface area contributed by atoms with Gasteiger partial charge in [-0.05, 0) is 65.2 Å². The van der Waals surface area contributed by atoms with E-state index in [0.717, 1.165) is 17.7 Å². The lowest BCUT2D eigenvalue weighted by Gasteiger charge is -2.41. The molecule has 33 heavy (non-hydrogen) atoms. The highest BCUT2D eigenvalue weighted by Crippen LogP contribution is 2.50. The van der Waals surface area contributed by atoms with Gasteiger partial charge in [0.25, 0.3) is 0 Å². The molecule has 3 heteroatoms. The predicted octanol–water partition coefficient (Wildman–Crippen LogP) is 7.33. The Balaban J connectivity index is 1.85. The van der Waals surface area contributed by atoms with E-state index < -0.39 is 0 Å². The summed E-state index contributed by atoms with van der Waals surface area (Å²) in [6.45, 7) is 16.2. The van der Waals surface area contributed by atoms with Crippen molar-refractivity contribution in [2.24, 2.45) is 13.0 Å². The van der Waals surface area contributed by atoms with Crippen molar-refractivity contribution in [1.82, 2.24) is 4.98 Å². The first-order valence-corrected chi connectivity index (χ1v) is 12.3. The van der Waals surface area contributed by atoms with Crippen molar-refractivity contribution >= 4 is 22.1 Å². The lowest BCUT2D eigenvalue weighted by molar-refractivity contribution is -0.660. The summed E-state index contributed by atoms with van der Waals surface area (Å²) in [6.07, 6.45) is 7.68. The van der Waals surface area contributed by atoms with E-state index >= 15 is 0 Å². The van der Waals surface area contributed by atoms with Crippen molar-refractivity contribution in [3.8, 4) is 11.3 Å². The Morgan fingerprint density at radius 1 is 1.06 bits per heavy atom. The number of aryl methyl sites for hydroxylation is 2. The summed E-state index contributed by atoms with van der Waals surface area (Å²) in [4.78, 5) is 4.86. The van der Waals surface area contributed by atoms with Crippen molar-refractivity contribution in [1.29, 1.82) is 0 Å². The summed E-state index contributed by atoms with van der Waals surface area (Å²) >= 11 is 0. The molecule has 4 aromatic rings. The molecule has 0 radical (unpaired) electrons. The van der Waals surface area contributed by atoms with Crippen LogP contribution in [0.1, 0.15) is 76.6 Å². The van der Waals surface area contributed by atoms with Crippen molar-refractivity contribution in [3.05, 3.63) is 58.9 Å². The van der Waals surface area contributed by atoms with E-state index in [4.69, 9.17) is 9.40 Å². The van der Waals surface area contributed by atoms with E-state index in [1.54, 1.807) is 0 Å². The Kier molecular flexibility index (Phi) is 4.97. The Labute approximate surface area is 197 Å². The van der Waals surface area contributed by atoms with Crippen LogP contribution in [0.2, 0.25) is 0 Å². The highest BCUT2D eigenvalue weighted by molar-refractivity contribution is 6.11. The van der Waals surface area contributed by atoms with Crippen LogP contribution >= 0.6 is 0 Å². The molecule has 0 saturated heterocycles. The second-order valence-electron chi connectivity index (χ2n) is 11.9. The van der Waals surface area contributed by atoms with Crippen molar-refractivity contribution in [2.45, 2.75) is 78.6 Å². The Bertz CT molecular complexity index is 1390. The summed E-state index contributed by atoms with van der Waals surface area (Å²) in [6, 6.07) is 9.07. The van der Waals surface area contributed by atoms with Crippen LogP contribution in [0.25, 0.3) is 33.3 Å². The van der Waals surface area contributed by atoms with Crippen LogP contribution in [0, 0.1) is 12.8 Å². The molecule has 0 spiro atoms. The molecule has 0 bridgehead atoms. The van der Waals surface area contributed by atoms with Gasteiger partial charge in [-0.2, -0.15) is 0 Å². The minimum atomic E-state index is 0.0930. The van der Waals surface area contributed by atoms with Gasteiger partial charge in [0, 0.05) is 23.7 Å². The topological polar surface area (TPSA) is 29.9 Å². The molecule has 0 amide bonds. The molecule has 0 atom stereocenters. The van der Waals surface area contributed by atoms with E-state index in [2.05, 4.69) is 96.7 Å². The molecule has 5 rings (SSSR count). The number of furan rings is 1. The van der Waals surface area contributed by atoms with E-state index in [9.17, 15) is 0 Å². The average molecular weight is 442 g/mol. The third-order valence-corrected chi connectivity index (χ3v) is 7.77. The first-order chi connectivity index (χ1) is 15.5. The maximum absolute atomic E-state index is 6.60. The van der Waals surface area contributed by atoms with E-state index in [0.29, 0.717) is 5.92 Å². The molecule has 0 saturated carbocycles. The van der Waals surface area contributed by atoms with Gasteiger partial charge in [0.15, 0.2) is 11.8 Å². The molecule has 0 unspecified atom stereocenters. The van der Waals surface area contributed by atoms with E-state index in [-0.39, 0.29) is 10.8 Å². The average Bonchev–Trinajstić information content (AvgIpc) is 3.11. The number of hydrogen-bond acceptors (Lipinski definition) is 2. The van der Waals surface area contributed by atoms with Gasteiger partial charge >= 0.3 is 0 Å². The Hall–Kier alpha value is -2.68. The fraction of sp³-hybridized carbons (Fsp3) is 0.467. The van der Waals surface area contributed by atoms with Crippen LogP contribution in [0.3, 0.4) is 0 Å². The number of hydrogen-bond donors (Lipinski definition) is 0. The van der Waals surface area contributed by atoms with Crippen molar-refractivity contribution in [3.63, 3.8) is 0 Å². The van der Waals surface area contributed by atoms with Gasteiger partial charge in [0.05, 0.1) is 10.9 Å². The fourth-order valence-corrected chi connectivity index (χ4v) is 5.78. The highest BCUT2D eigenvalue weighted by Gasteiger charge is 2.40. The van der Waals surface area contributed by atoms with Gasteiger partial charge in [-0.3, -0.25) is 0 Å². The minimum Gasteiger partial charge on any atom is -0.437 e. The standard InChI is InChI=1S/C30H37N2O/c1-18(2)15-20-11-14-32(8)23(16-20)24-19(3)9-10-21-25-26-22(17-31-28(25)33-27(21)24)29(4,5)12-13-30(26,6)7/h9-11,14,16-18H,12-13,15H2,1-8H3/q+1. The molecule has 0 aliphatic heterocycles. The zero-order valence-corrected chi connectivity index (χ0v) is 21.5. The molecule has 0 fully saturated rings. The zero-order valence-electron chi connectivity index (χ0n) is 21.5. The second kappa shape index (κ2) is 7.41. The largest absolute Gasteiger partial charge is 0.437 e. The third kappa shape index (κ3) is 3.48. The predicted molar refractivity (Wildman–Crippen MR) is 137 cm³/mol. The first kappa shape index (κ1) is 22.1. The number of benzene rings is 1. The molecule has 172 valence electrons. The summed E-state index contributed by atoms with van der Waals surface area (Å²) in [5.41, 5.74) is 9.72. The maximum atomic E-state index is 6.60. The SMILES string of the molecule is Cc1ccc2c(oc3ncc4c(c32)C(C)(C)CCC4(C)C)c1-c1cc(CC(C)C)cc[n+]1C. The molecular formula is C30H37N2O+. The van der Waals surface area contributed by atoms with Crippen LogP contribution in [-0.2, 0) is 24.3 Å². The normalized spacial score (nSPS) is 17.1. The Morgan fingerprint density at radius 3 is 2.52 bits per heavy atom. The highest BCUT2D eigenvalue weighted by atomic mass is 16.3. The van der Waals surface area contributed by atoms with Crippen molar-refractivity contribution < 1.29 is 8.98 Å². The number of nitrogens with zero attached hydrogens (tertiary/aromatic N) is 2. The van der Waals surface area contributed by atoms with E-state index in [1.165, 1.54) is 57.1 Å². The maximum Gasteiger partial charge on any atom is 0.227 e. The van der Waals surface area contributed by atoms with Crippen LogP contribution in [0.15, 0.2) is 41.1 Å². The molecule has 1 aliphatic carbocycles. The fourth-order valence-electron chi connectivity index (χ4n) is 5.78. The summed E-state index contributed by atoms with van der Waals surface area (Å²) in [5.74, 6) is 0.620. The monoisotopic (exact) mass is 441 g/mol. The quantitative estimate of drug-likeness (QED) is 0.312. The summed E-state index contributed by atoms with van der Waals surface area (Å²) in [7, 11) is 2.13. The van der Waals surface area contributed by atoms with Gasteiger partial charge in [0.1, 0.15) is 7.05 Å². The number of pyridine rings is 2. The lowest BCUT2D eigenvalue weighted by Crippen LogP contribution is -2.34. The Morgan fingerprint density at radius 2 is 1.79 bits per heavy atom. The first-order valence-electron chi connectivity index (χ1n) is 12.3. The molecule has 3 aromatic heterocycles. The molecule has 3 nitrogen and oxygen atoms in total.